The number of ether oxygens (including phenoxy) is 4. The van der Waals surface area contributed by atoms with Crippen molar-refractivity contribution < 1.29 is 89.1 Å². The fraction of sp³-hybridized carbons (Fsp3) is 0.370. The fourth-order valence-corrected chi connectivity index (χ4v) is 4.84. The Morgan fingerprint density at radius 1 is 0.652 bits per heavy atom. The molecule has 19 heteroatoms. The Balaban J connectivity index is 1.49. The van der Waals surface area contributed by atoms with E-state index in [1.165, 1.54) is 0 Å². The smallest absolute Gasteiger partial charge is 0.335 e. The van der Waals surface area contributed by atoms with Crippen molar-refractivity contribution in [1.29, 1.82) is 0 Å². The highest BCUT2D eigenvalue weighted by Gasteiger charge is 2.49. The van der Waals surface area contributed by atoms with E-state index >= 15 is 0 Å². The van der Waals surface area contributed by atoms with Crippen LogP contribution in [0.25, 0.3) is 22.3 Å². The minimum absolute atomic E-state index is 0.178. The Hall–Kier alpha value is -4.73. The number of hydrogen-bond acceptors (Lipinski definition) is 17. The van der Waals surface area contributed by atoms with Gasteiger partial charge in [-0.2, -0.15) is 0 Å². The summed E-state index contributed by atoms with van der Waals surface area (Å²) in [4.78, 5) is 35.7. The molecule has 2 aromatic carbocycles. The standard InChI is InChI=1S/C27H26O19/c28-8-3-7(42-26-20(36)16(32)18(34)22(45-26)24(38)39)4-12-14(8)9(29)5-11(43-12)6-1-10(30)15(31)13(2-6)44-27-21(37)17(33)19(35)23(46-27)25(40)41/h1-5,16-23,26-28,30-37H,(H,38,39)(H,40,41). The molecule has 0 amide bonds. The van der Waals surface area contributed by atoms with Crippen LogP contribution in [0.4, 0.5) is 0 Å². The van der Waals surface area contributed by atoms with E-state index in [0.717, 1.165) is 30.3 Å². The number of benzene rings is 2. The number of rotatable bonds is 7. The predicted octanol–water partition coefficient (Wildman–Crippen LogP) is -2.88. The number of carboxylic acid groups (broad SMARTS) is 2. The van der Waals surface area contributed by atoms with Crippen molar-refractivity contribution >= 4 is 22.9 Å². The second-order valence-corrected chi connectivity index (χ2v) is 10.3. The van der Waals surface area contributed by atoms with Crippen LogP contribution in [0.1, 0.15) is 0 Å². The summed E-state index contributed by atoms with van der Waals surface area (Å²) in [7, 11) is 0. The maximum absolute atomic E-state index is 13.0. The second kappa shape index (κ2) is 12.2. The van der Waals surface area contributed by atoms with E-state index in [1.807, 2.05) is 0 Å². The molecule has 5 rings (SSSR count). The maximum Gasteiger partial charge on any atom is 0.335 e. The van der Waals surface area contributed by atoms with Crippen molar-refractivity contribution in [2.24, 2.45) is 0 Å². The Labute approximate surface area is 254 Å². The summed E-state index contributed by atoms with van der Waals surface area (Å²) in [6.45, 7) is 0. The van der Waals surface area contributed by atoms with Crippen molar-refractivity contribution in [1.82, 2.24) is 0 Å². The average molecular weight is 654 g/mol. The van der Waals surface area contributed by atoms with Gasteiger partial charge in [-0.3, -0.25) is 4.79 Å². The minimum atomic E-state index is -2.05. The number of carboxylic acids is 2. The topological polar surface area (TPSA) is 324 Å². The quantitative estimate of drug-likeness (QED) is 0.114. The summed E-state index contributed by atoms with van der Waals surface area (Å²) < 4.78 is 26.5. The first-order valence-corrected chi connectivity index (χ1v) is 13.1. The number of phenolic OH excluding ortho intramolecular Hbond substituents is 3. The Bertz CT molecular complexity index is 1720. The first kappa shape index (κ1) is 32.7. The normalized spacial score (nSPS) is 31.3. The number of aromatic hydroxyl groups is 3. The molecule has 10 atom stereocenters. The van der Waals surface area contributed by atoms with E-state index in [4.69, 9.17) is 23.4 Å². The molecule has 0 spiro atoms. The molecule has 11 N–H and O–H groups in total. The highest BCUT2D eigenvalue weighted by atomic mass is 16.7. The van der Waals surface area contributed by atoms with Gasteiger partial charge >= 0.3 is 11.9 Å². The average Bonchev–Trinajstić information content (AvgIpc) is 2.98. The SMILES string of the molecule is O=C(O)C1OC(Oc2cc(O)c3c(=O)cc(-c4cc(O)c(O)c(OC5OC(C(=O)O)C(O)C(O)C5O)c4)oc3c2)C(O)C(O)C1O. The fourth-order valence-electron chi connectivity index (χ4n) is 4.84. The molecule has 2 fully saturated rings. The van der Waals surface area contributed by atoms with E-state index in [9.17, 15) is 70.6 Å². The maximum atomic E-state index is 13.0. The zero-order valence-electron chi connectivity index (χ0n) is 22.8. The van der Waals surface area contributed by atoms with Gasteiger partial charge in [-0.25, -0.2) is 9.59 Å². The van der Waals surface area contributed by atoms with Crippen LogP contribution in [0.2, 0.25) is 0 Å². The lowest BCUT2D eigenvalue weighted by atomic mass is 9.99. The molecule has 10 unspecified atom stereocenters. The molecular weight excluding hydrogens is 628 g/mol. The van der Waals surface area contributed by atoms with Crippen LogP contribution in [0, 0.1) is 0 Å². The van der Waals surface area contributed by atoms with Crippen LogP contribution in [0.15, 0.2) is 39.5 Å². The third-order valence-corrected chi connectivity index (χ3v) is 7.24. The van der Waals surface area contributed by atoms with E-state index in [1.54, 1.807) is 0 Å². The largest absolute Gasteiger partial charge is 0.507 e. The third kappa shape index (κ3) is 5.84. The van der Waals surface area contributed by atoms with Crippen molar-refractivity contribution in [2.45, 2.75) is 61.4 Å². The van der Waals surface area contributed by atoms with Gasteiger partial charge in [0.1, 0.15) is 64.9 Å². The zero-order valence-corrected chi connectivity index (χ0v) is 22.8. The van der Waals surface area contributed by atoms with Gasteiger partial charge < -0.3 is 79.5 Å². The van der Waals surface area contributed by atoms with E-state index in [0.29, 0.717) is 0 Å². The third-order valence-electron chi connectivity index (χ3n) is 7.24. The molecule has 1 aromatic heterocycles. The first-order chi connectivity index (χ1) is 21.6. The van der Waals surface area contributed by atoms with Gasteiger partial charge in [0.05, 0.1) is 0 Å². The zero-order chi connectivity index (χ0) is 33.8. The molecule has 2 aliphatic heterocycles. The van der Waals surface area contributed by atoms with E-state index in [2.05, 4.69) is 0 Å². The van der Waals surface area contributed by atoms with Crippen molar-refractivity contribution in [3.63, 3.8) is 0 Å². The van der Waals surface area contributed by atoms with Crippen molar-refractivity contribution in [3.8, 4) is 40.1 Å². The first-order valence-electron chi connectivity index (χ1n) is 13.1. The van der Waals surface area contributed by atoms with Gasteiger partial charge in [0.2, 0.25) is 18.3 Å². The summed E-state index contributed by atoms with van der Waals surface area (Å²) in [6, 6.07) is 4.66. The molecule has 3 heterocycles. The number of aliphatic carboxylic acids is 2. The minimum Gasteiger partial charge on any atom is -0.507 e. The van der Waals surface area contributed by atoms with Crippen LogP contribution < -0.4 is 14.9 Å². The van der Waals surface area contributed by atoms with Crippen LogP contribution >= 0.6 is 0 Å². The highest BCUT2D eigenvalue weighted by Crippen LogP contribution is 2.42. The second-order valence-electron chi connectivity index (χ2n) is 10.3. The van der Waals surface area contributed by atoms with E-state index in [-0.39, 0.29) is 28.0 Å². The predicted molar refractivity (Wildman–Crippen MR) is 143 cm³/mol. The lowest BCUT2D eigenvalue weighted by Gasteiger charge is -2.38. The van der Waals surface area contributed by atoms with Gasteiger partial charge in [0, 0.05) is 23.8 Å². The summed E-state index contributed by atoms with van der Waals surface area (Å²) in [5.74, 6) is -7.26. The molecule has 2 aliphatic rings. The summed E-state index contributed by atoms with van der Waals surface area (Å²) >= 11 is 0. The van der Waals surface area contributed by atoms with Gasteiger partial charge in [-0.15, -0.1) is 0 Å². The Morgan fingerprint density at radius 2 is 1.20 bits per heavy atom. The number of carbonyl (C=O) groups is 2. The van der Waals surface area contributed by atoms with Crippen molar-refractivity contribution in [2.75, 3.05) is 0 Å². The van der Waals surface area contributed by atoms with Gasteiger partial charge in [-0.1, -0.05) is 0 Å². The lowest BCUT2D eigenvalue weighted by molar-refractivity contribution is -0.271. The molecule has 19 nitrogen and oxygen atoms in total. The molecule has 2 saturated heterocycles. The monoisotopic (exact) mass is 654 g/mol. The van der Waals surface area contributed by atoms with Crippen molar-refractivity contribution in [3.05, 3.63) is 40.6 Å². The number of aliphatic hydroxyl groups excluding tert-OH is 6. The van der Waals surface area contributed by atoms with Crippen LogP contribution in [-0.2, 0) is 19.1 Å². The molecule has 3 aromatic rings. The van der Waals surface area contributed by atoms with Crippen LogP contribution in [0.5, 0.6) is 28.7 Å². The molecule has 0 aliphatic carbocycles. The van der Waals surface area contributed by atoms with Crippen LogP contribution in [-0.4, -0.2) is 130 Å². The van der Waals surface area contributed by atoms with Gasteiger partial charge in [-0.05, 0) is 12.1 Å². The molecule has 0 radical (unpaired) electrons. The highest BCUT2D eigenvalue weighted by molar-refractivity contribution is 5.86. The lowest BCUT2D eigenvalue weighted by Crippen LogP contribution is -2.61. The van der Waals surface area contributed by atoms with Gasteiger partial charge in [0.15, 0.2) is 29.1 Å². The number of aliphatic hydroxyl groups is 6. The molecule has 46 heavy (non-hydrogen) atoms. The number of phenols is 3. The van der Waals surface area contributed by atoms with E-state index < -0.39 is 102 Å². The summed E-state index contributed by atoms with van der Waals surface area (Å²) in [5.41, 5.74) is -1.40. The molecule has 0 bridgehead atoms. The van der Waals surface area contributed by atoms with Gasteiger partial charge in [0.25, 0.3) is 0 Å². The summed E-state index contributed by atoms with van der Waals surface area (Å²) in [6.07, 6.45) is -20.0. The number of hydrogen-bond donors (Lipinski definition) is 11. The number of fused-ring (bicyclic) bond motifs is 1. The van der Waals surface area contributed by atoms with Crippen LogP contribution in [0.3, 0.4) is 0 Å². The molecule has 0 saturated carbocycles. The Kier molecular flexibility index (Phi) is 8.68. The Morgan fingerprint density at radius 3 is 1.74 bits per heavy atom. The molecular formula is C27H26O19. The summed E-state index contributed by atoms with van der Waals surface area (Å²) in [5, 5.41) is 110. The molecule has 248 valence electrons.